The SMILES string of the molecule is CC12c3ccccc3N3C=Cc4cccc5cc(c1c3c45)-c1c(-c3ccc4c(-c5nc(-c6ccccc6)nc(-c6ccccc6)n5)cccc4c3)cccc12. The van der Waals surface area contributed by atoms with Crippen LogP contribution in [0.4, 0.5) is 11.4 Å². The molecule has 0 bridgehead atoms. The zero-order valence-electron chi connectivity index (χ0n) is 30.0. The molecule has 1 unspecified atom stereocenters. The monoisotopic (exact) mass is 700 g/mol. The first-order valence-corrected chi connectivity index (χ1v) is 18.9. The molecule has 0 saturated heterocycles. The second-order valence-corrected chi connectivity index (χ2v) is 14.9. The van der Waals surface area contributed by atoms with Crippen LogP contribution in [0.5, 0.6) is 0 Å². The topological polar surface area (TPSA) is 41.9 Å². The van der Waals surface area contributed by atoms with Crippen LogP contribution in [0.15, 0.2) is 170 Å². The van der Waals surface area contributed by atoms with Crippen molar-refractivity contribution in [2.24, 2.45) is 0 Å². The van der Waals surface area contributed by atoms with Crippen molar-refractivity contribution in [2.75, 3.05) is 4.90 Å². The van der Waals surface area contributed by atoms with E-state index in [4.69, 9.17) is 15.0 Å². The van der Waals surface area contributed by atoms with Gasteiger partial charge in [0.1, 0.15) is 0 Å². The number of hydrogen-bond acceptors (Lipinski definition) is 4. The number of fused-ring (bicyclic) bond motifs is 7. The molecule has 1 aromatic heterocycles. The largest absolute Gasteiger partial charge is 0.316 e. The van der Waals surface area contributed by atoms with Crippen LogP contribution in [0, 0.1) is 0 Å². The standard InChI is InChI=1S/C51H32N4/c1-51-41-22-8-9-24-43(41)55-28-27-31-17-10-19-36-30-40(46(51)47(55)44(31)36)45-38(20-12-23-42(45)51)35-25-26-37-34(29-35)18-11-21-39(37)50-53-48(32-13-4-2-5-14-32)52-49(54-50)33-15-6-3-7-16-33/h2-30H,1H3. The van der Waals surface area contributed by atoms with Gasteiger partial charge in [0.2, 0.25) is 0 Å². The molecular weight excluding hydrogens is 669 g/mol. The van der Waals surface area contributed by atoms with Gasteiger partial charge < -0.3 is 4.90 Å². The predicted octanol–water partition coefficient (Wildman–Crippen LogP) is 12.6. The van der Waals surface area contributed by atoms with Crippen LogP contribution in [-0.2, 0) is 5.41 Å². The summed E-state index contributed by atoms with van der Waals surface area (Å²) in [4.78, 5) is 17.5. The quantitative estimate of drug-likeness (QED) is 0.183. The molecule has 3 heterocycles. The van der Waals surface area contributed by atoms with E-state index in [-0.39, 0.29) is 5.41 Å². The van der Waals surface area contributed by atoms with Gasteiger partial charge in [-0.3, -0.25) is 0 Å². The molecule has 0 amide bonds. The smallest absolute Gasteiger partial charge is 0.164 e. The molecule has 0 N–H and O–H groups in total. The van der Waals surface area contributed by atoms with Crippen LogP contribution in [0.25, 0.3) is 84.0 Å². The average Bonchev–Trinajstić information content (AvgIpc) is 3.52. The summed E-state index contributed by atoms with van der Waals surface area (Å²) < 4.78 is 0. The first-order valence-electron chi connectivity index (χ1n) is 18.9. The lowest BCUT2D eigenvalue weighted by atomic mass is 9.69. The molecule has 0 spiro atoms. The van der Waals surface area contributed by atoms with Crippen LogP contribution >= 0.6 is 0 Å². The summed E-state index contributed by atoms with van der Waals surface area (Å²) in [5.74, 6) is 1.98. The molecule has 4 nitrogen and oxygen atoms in total. The Hall–Kier alpha value is -7.17. The van der Waals surface area contributed by atoms with Gasteiger partial charge in [0.25, 0.3) is 0 Å². The fourth-order valence-corrected chi connectivity index (χ4v) is 9.57. The lowest BCUT2D eigenvalue weighted by Crippen LogP contribution is -2.32. The highest BCUT2D eigenvalue weighted by molar-refractivity contribution is 6.14. The maximum Gasteiger partial charge on any atom is 0.164 e. The Morgan fingerprint density at radius 2 is 1.15 bits per heavy atom. The highest BCUT2D eigenvalue weighted by Crippen LogP contribution is 2.64. The lowest BCUT2D eigenvalue weighted by molar-refractivity contribution is 0.703. The maximum absolute atomic E-state index is 5.07. The van der Waals surface area contributed by atoms with Crippen molar-refractivity contribution >= 4 is 39.0 Å². The Morgan fingerprint density at radius 3 is 1.95 bits per heavy atom. The molecule has 0 fully saturated rings. The molecule has 55 heavy (non-hydrogen) atoms. The number of hydrogen-bond donors (Lipinski definition) is 0. The number of para-hydroxylation sites is 1. The molecule has 12 rings (SSSR count). The van der Waals surface area contributed by atoms with Gasteiger partial charge in [-0.1, -0.05) is 146 Å². The van der Waals surface area contributed by atoms with Gasteiger partial charge in [-0.05, 0) is 91.9 Å². The molecule has 4 heteroatoms. The highest BCUT2D eigenvalue weighted by Gasteiger charge is 2.49. The average molecular weight is 701 g/mol. The van der Waals surface area contributed by atoms with Crippen molar-refractivity contribution in [3.8, 4) is 56.4 Å². The van der Waals surface area contributed by atoms with Crippen molar-refractivity contribution in [1.29, 1.82) is 0 Å². The van der Waals surface area contributed by atoms with E-state index in [0.29, 0.717) is 17.5 Å². The molecule has 1 atom stereocenters. The molecule has 9 aromatic rings. The van der Waals surface area contributed by atoms with Gasteiger partial charge in [0.05, 0.1) is 5.69 Å². The minimum atomic E-state index is -0.300. The van der Waals surface area contributed by atoms with E-state index in [1.54, 1.807) is 0 Å². The van der Waals surface area contributed by atoms with E-state index >= 15 is 0 Å². The zero-order chi connectivity index (χ0) is 36.3. The molecular formula is C51H32N4. The van der Waals surface area contributed by atoms with E-state index in [2.05, 4.69) is 151 Å². The third-order valence-corrected chi connectivity index (χ3v) is 12.0. The highest BCUT2D eigenvalue weighted by atomic mass is 15.1. The zero-order valence-corrected chi connectivity index (χ0v) is 30.0. The molecule has 2 aliphatic heterocycles. The second-order valence-electron chi connectivity index (χ2n) is 14.9. The van der Waals surface area contributed by atoms with E-state index in [1.165, 1.54) is 66.7 Å². The fraction of sp³-hybridized carbons (Fsp3) is 0.0392. The van der Waals surface area contributed by atoms with Crippen molar-refractivity contribution < 1.29 is 0 Å². The molecule has 3 aliphatic rings. The van der Waals surface area contributed by atoms with Crippen LogP contribution in [0.3, 0.4) is 0 Å². The number of anilines is 2. The maximum atomic E-state index is 5.07. The van der Waals surface area contributed by atoms with Crippen LogP contribution in [0.2, 0.25) is 0 Å². The van der Waals surface area contributed by atoms with Crippen molar-refractivity contribution in [3.63, 3.8) is 0 Å². The number of benzene rings is 8. The van der Waals surface area contributed by atoms with Crippen molar-refractivity contribution in [3.05, 3.63) is 192 Å². The van der Waals surface area contributed by atoms with Crippen LogP contribution in [-0.4, -0.2) is 15.0 Å². The summed E-state index contributed by atoms with van der Waals surface area (Å²) in [5, 5.41) is 4.85. The summed E-state index contributed by atoms with van der Waals surface area (Å²) in [6.45, 7) is 2.44. The summed E-state index contributed by atoms with van der Waals surface area (Å²) in [5.41, 5.74) is 15.6. The van der Waals surface area contributed by atoms with Gasteiger partial charge in [-0.2, -0.15) is 0 Å². The van der Waals surface area contributed by atoms with E-state index in [0.717, 1.165) is 27.5 Å². The van der Waals surface area contributed by atoms with Gasteiger partial charge in [-0.25, -0.2) is 15.0 Å². The summed E-state index contributed by atoms with van der Waals surface area (Å²) in [6, 6.07) is 58.7. The lowest BCUT2D eigenvalue weighted by Gasteiger charge is -2.42. The van der Waals surface area contributed by atoms with Gasteiger partial charge in [-0.15, -0.1) is 0 Å². The summed E-state index contributed by atoms with van der Waals surface area (Å²) in [7, 11) is 0. The molecule has 0 radical (unpaired) electrons. The Kier molecular flexibility index (Phi) is 6.16. The molecule has 0 saturated carbocycles. The second kappa shape index (κ2) is 11.2. The third-order valence-electron chi connectivity index (χ3n) is 12.0. The van der Waals surface area contributed by atoms with Crippen molar-refractivity contribution in [1.82, 2.24) is 15.0 Å². The van der Waals surface area contributed by atoms with Crippen molar-refractivity contribution in [2.45, 2.75) is 12.3 Å². The number of rotatable bonds is 4. The number of aromatic nitrogens is 3. The molecule has 8 aromatic carbocycles. The Morgan fingerprint density at radius 1 is 0.491 bits per heavy atom. The first kappa shape index (κ1) is 30.3. The Labute approximate surface area is 318 Å². The normalized spacial score (nSPS) is 15.7. The van der Waals surface area contributed by atoms with Gasteiger partial charge in [0.15, 0.2) is 17.5 Å². The summed E-state index contributed by atoms with van der Waals surface area (Å²) in [6.07, 6.45) is 4.53. The molecule has 256 valence electrons. The van der Waals surface area contributed by atoms with Gasteiger partial charge in [0, 0.05) is 39.4 Å². The fourth-order valence-electron chi connectivity index (χ4n) is 9.57. The van der Waals surface area contributed by atoms with Gasteiger partial charge >= 0.3 is 0 Å². The minimum absolute atomic E-state index is 0.300. The third kappa shape index (κ3) is 4.19. The molecule has 1 aliphatic carbocycles. The van der Waals surface area contributed by atoms with Crippen LogP contribution in [0.1, 0.15) is 29.2 Å². The van der Waals surface area contributed by atoms with Crippen LogP contribution < -0.4 is 4.90 Å². The van der Waals surface area contributed by atoms with E-state index < -0.39 is 0 Å². The van der Waals surface area contributed by atoms with E-state index in [1.807, 2.05) is 36.4 Å². The predicted molar refractivity (Wildman–Crippen MR) is 225 cm³/mol. The van der Waals surface area contributed by atoms with E-state index in [9.17, 15) is 0 Å². The number of nitrogens with zero attached hydrogens (tertiary/aromatic N) is 4. The Bertz CT molecular complexity index is 3050. The minimum Gasteiger partial charge on any atom is -0.316 e. The summed E-state index contributed by atoms with van der Waals surface area (Å²) >= 11 is 0. The first-order chi connectivity index (χ1) is 27.1. The Balaban J connectivity index is 1.06.